The second-order valence-electron chi connectivity index (χ2n) is 11.5. The fourth-order valence-corrected chi connectivity index (χ4v) is 5.00. The molecule has 5 rings (SSSR count). The van der Waals surface area contributed by atoms with Crippen molar-refractivity contribution in [3.05, 3.63) is 107 Å². The molecule has 1 aliphatic rings. The zero-order valence-corrected chi connectivity index (χ0v) is 20.8. The first kappa shape index (κ1) is 21.7. The van der Waals surface area contributed by atoms with E-state index in [-0.39, 0.29) is 10.8 Å². The van der Waals surface area contributed by atoms with Crippen molar-refractivity contribution in [2.75, 3.05) is 0 Å². The highest BCUT2D eigenvalue weighted by Crippen LogP contribution is 2.48. The molecule has 0 aliphatic heterocycles. The molecule has 0 radical (unpaired) electrons. The SMILES string of the molecule is CC(C)(C)c1cc(-c2ccccc2)c2c(c1)-c1cc(C(C)(C)C)cc(-c3ccccc3)c1C2. The lowest BCUT2D eigenvalue weighted by atomic mass is 9.81. The van der Waals surface area contributed by atoms with Crippen LogP contribution in [0.2, 0.25) is 0 Å². The first-order valence-corrected chi connectivity index (χ1v) is 12.1. The minimum absolute atomic E-state index is 0.0885. The van der Waals surface area contributed by atoms with E-state index < -0.39 is 0 Å². The Morgan fingerprint density at radius 2 is 0.788 bits per heavy atom. The fraction of sp³-hybridized carbons (Fsp3) is 0.273. The molecule has 0 N–H and O–H groups in total. The van der Waals surface area contributed by atoms with Crippen LogP contribution in [0.5, 0.6) is 0 Å². The Kier molecular flexibility index (Phi) is 5.09. The van der Waals surface area contributed by atoms with Crippen LogP contribution < -0.4 is 0 Å². The molecule has 0 atom stereocenters. The van der Waals surface area contributed by atoms with Gasteiger partial charge in [0.05, 0.1) is 0 Å². The zero-order chi connectivity index (χ0) is 23.4. The highest BCUT2D eigenvalue weighted by molar-refractivity contribution is 5.90. The highest BCUT2D eigenvalue weighted by Gasteiger charge is 2.29. The topological polar surface area (TPSA) is 0 Å². The van der Waals surface area contributed by atoms with Gasteiger partial charge in [0, 0.05) is 0 Å². The van der Waals surface area contributed by atoms with Gasteiger partial charge in [0.1, 0.15) is 0 Å². The third-order valence-electron chi connectivity index (χ3n) is 7.05. The molecule has 4 aromatic carbocycles. The molecule has 0 fully saturated rings. The van der Waals surface area contributed by atoms with E-state index in [1.54, 1.807) is 0 Å². The average molecular weight is 431 g/mol. The predicted octanol–water partition coefficient (Wildman–Crippen LogP) is 9.19. The van der Waals surface area contributed by atoms with Gasteiger partial charge in [0.25, 0.3) is 0 Å². The van der Waals surface area contributed by atoms with Gasteiger partial charge in [-0.15, -0.1) is 0 Å². The van der Waals surface area contributed by atoms with E-state index in [1.165, 1.54) is 55.6 Å². The summed E-state index contributed by atoms with van der Waals surface area (Å²) in [7, 11) is 0. The molecule has 0 saturated heterocycles. The van der Waals surface area contributed by atoms with Crippen molar-refractivity contribution in [2.24, 2.45) is 0 Å². The molecule has 0 heterocycles. The lowest BCUT2D eigenvalue weighted by molar-refractivity contribution is 0.589. The number of fused-ring (bicyclic) bond motifs is 3. The molecule has 0 spiro atoms. The second-order valence-corrected chi connectivity index (χ2v) is 11.5. The van der Waals surface area contributed by atoms with Gasteiger partial charge in [0.15, 0.2) is 0 Å². The molecular formula is C33H34. The van der Waals surface area contributed by atoms with Gasteiger partial charge in [-0.3, -0.25) is 0 Å². The summed E-state index contributed by atoms with van der Waals surface area (Å²) < 4.78 is 0. The maximum absolute atomic E-state index is 2.47. The van der Waals surface area contributed by atoms with Crippen LogP contribution in [0.4, 0.5) is 0 Å². The molecule has 4 aromatic rings. The van der Waals surface area contributed by atoms with Crippen LogP contribution in [0.3, 0.4) is 0 Å². The van der Waals surface area contributed by atoms with Crippen LogP contribution in [0, 0.1) is 0 Å². The van der Waals surface area contributed by atoms with Gasteiger partial charge in [0.2, 0.25) is 0 Å². The van der Waals surface area contributed by atoms with Gasteiger partial charge in [-0.2, -0.15) is 0 Å². The highest BCUT2D eigenvalue weighted by atomic mass is 14.3. The van der Waals surface area contributed by atoms with E-state index in [0.717, 1.165) is 6.42 Å². The standard InChI is InChI=1S/C33H34/c1-32(2,3)24-17-26(22-13-9-7-10-14-22)30-21-31-27(23-15-11-8-12-16-23)18-25(33(4,5)6)20-29(31)28(30)19-24/h7-20H,21H2,1-6H3. The number of hydrogen-bond acceptors (Lipinski definition) is 0. The molecule has 0 amide bonds. The van der Waals surface area contributed by atoms with Crippen LogP contribution in [0.1, 0.15) is 63.8 Å². The Morgan fingerprint density at radius 3 is 1.12 bits per heavy atom. The smallest absolute Gasteiger partial charge is 0.000111 e. The molecule has 0 heteroatoms. The van der Waals surface area contributed by atoms with Crippen LogP contribution in [0.15, 0.2) is 84.9 Å². The lowest BCUT2D eigenvalue weighted by Crippen LogP contribution is -2.12. The Labute approximate surface area is 199 Å². The number of hydrogen-bond donors (Lipinski definition) is 0. The van der Waals surface area contributed by atoms with Crippen molar-refractivity contribution in [3.63, 3.8) is 0 Å². The average Bonchev–Trinajstić information content (AvgIpc) is 3.16. The second kappa shape index (κ2) is 7.73. The summed E-state index contributed by atoms with van der Waals surface area (Å²) in [4.78, 5) is 0. The predicted molar refractivity (Wildman–Crippen MR) is 143 cm³/mol. The molecule has 0 bridgehead atoms. The third kappa shape index (κ3) is 3.93. The lowest BCUT2D eigenvalue weighted by Gasteiger charge is -2.24. The third-order valence-corrected chi connectivity index (χ3v) is 7.05. The normalized spacial score (nSPS) is 13.0. The molecule has 0 saturated carbocycles. The van der Waals surface area contributed by atoms with Crippen LogP contribution in [-0.2, 0) is 17.3 Å². The maximum atomic E-state index is 2.47. The minimum atomic E-state index is 0.0885. The van der Waals surface area contributed by atoms with Gasteiger partial charge >= 0.3 is 0 Å². The summed E-state index contributed by atoms with van der Waals surface area (Å²) in [6, 6.07) is 31.7. The van der Waals surface area contributed by atoms with Crippen LogP contribution in [-0.4, -0.2) is 0 Å². The fourth-order valence-electron chi connectivity index (χ4n) is 5.00. The quantitative estimate of drug-likeness (QED) is 0.262. The van der Waals surface area contributed by atoms with E-state index >= 15 is 0 Å². The van der Waals surface area contributed by atoms with Crippen molar-refractivity contribution in [1.82, 2.24) is 0 Å². The Bertz CT molecular complexity index is 1210. The van der Waals surface area contributed by atoms with Gasteiger partial charge in [-0.1, -0.05) is 126 Å². The first-order valence-electron chi connectivity index (χ1n) is 12.1. The summed E-state index contributed by atoms with van der Waals surface area (Å²) >= 11 is 0. The van der Waals surface area contributed by atoms with Crippen LogP contribution >= 0.6 is 0 Å². The molecular weight excluding hydrogens is 396 g/mol. The summed E-state index contributed by atoms with van der Waals surface area (Å²) in [5, 5.41) is 0. The van der Waals surface area contributed by atoms with E-state index in [4.69, 9.17) is 0 Å². The minimum Gasteiger partial charge on any atom is -0.0622 e. The Morgan fingerprint density at radius 1 is 0.455 bits per heavy atom. The van der Waals surface area contributed by atoms with E-state index in [2.05, 4.69) is 126 Å². The van der Waals surface area contributed by atoms with E-state index in [0.29, 0.717) is 0 Å². The van der Waals surface area contributed by atoms with Crippen LogP contribution in [0.25, 0.3) is 33.4 Å². The molecule has 166 valence electrons. The van der Waals surface area contributed by atoms with Gasteiger partial charge in [-0.25, -0.2) is 0 Å². The monoisotopic (exact) mass is 430 g/mol. The maximum Gasteiger partial charge on any atom is -0.000111 e. The number of benzene rings is 4. The largest absolute Gasteiger partial charge is 0.0622 e. The Balaban J connectivity index is 1.83. The summed E-state index contributed by atoms with van der Waals surface area (Å²) in [5.74, 6) is 0. The van der Waals surface area contributed by atoms with Crippen molar-refractivity contribution in [1.29, 1.82) is 0 Å². The molecule has 1 aliphatic carbocycles. The zero-order valence-electron chi connectivity index (χ0n) is 20.8. The number of rotatable bonds is 2. The van der Waals surface area contributed by atoms with Crippen molar-refractivity contribution >= 4 is 0 Å². The van der Waals surface area contributed by atoms with E-state index in [1.807, 2.05) is 0 Å². The summed E-state index contributed by atoms with van der Waals surface area (Å²) in [6.45, 7) is 13.9. The molecule has 0 nitrogen and oxygen atoms in total. The van der Waals surface area contributed by atoms with Gasteiger partial charge in [-0.05, 0) is 72.9 Å². The summed E-state index contributed by atoms with van der Waals surface area (Å²) in [5.41, 5.74) is 14.1. The van der Waals surface area contributed by atoms with Crippen molar-refractivity contribution in [2.45, 2.75) is 58.8 Å². The Hall–Kier alpha value is -3.12. The van der Waals surface area contributed by atoms with Crippen molar-refractivity contribution < 1.29 is 0 Å². The van der Waals surface area contributed by atoms with Gasteiger partial charge < -0.3 is 0 Å². The van der Waals surface area contributed by atoms with E-state index in [9.17, 15) is 0 Å². The summed E-state index contributed by atoms with van der Waals surface area (Å²) in [6.07, 6.45) is 0.980. The van der Waals surface area contributed by atoms with Crippen molar-refractivity contribution in [3.8, 4) is 33.4 Å². The molecule has 0 unspecified atom stereocenters. The first-order chi connectivity index (χ1) is 15.6. The molecule has 0 aromatic heterocycles. The molecule has 33 heavy (non-hydrogen) atoms.